The number of nitro groups is 1. The molecule has 1 saturated heterocycles. The molecule has 0 radical (unpaired) electrons. The van der Waals surface area contributed by atoms with Crippen LogP contribution in [0.15, 0.2) is 18.2 Å². The normalized spacial score (nSPS) is 18.9. The fourth-order valence-electron chi connectivity index (χ4n) is 2.30. The molecule has 0 aromatic heterocycles. The van der Waals surface area contributed by atoms with Gasteiger partial charge in [0.2, 0.25) is 5.91 Å². The first kappa shape index (κ1) is 13.8. The Kier molecular flexibility index (Phi) is 4.04. The van der Waals surface area contributed by atoms with Crippen LogP contribution >= 0.6 is 11.6 Å². The Morgan fingerprint density at radius 2 is 2.26 bits per heavy atom. The van der Waals surface area contributed by atoms with Gasteiger partial charge >= 0.3 is 0 Å². The van der Waals surface area contributed by atoms with Gasteiger partial charge in [0.05, 0.1) is 4.92 Å². The monoisotopic (exact) mass is 282 g/mol. The molecule has 5 nitrogen and oxygen atoms in total. The number of likely N-dealkylation sites (tertiary alicyclic amines) is 1. The fraction of sp³-hybridized carbons (Fsp3) is 0.462. The van der Waals surface area contributed by atoms with Crippen LogP contribution in [-0.4, -0.2) is 22.3 Å². The molecule has 6 heteroatoms. The van der Waals surface area contributed by atoms with E-state index >= 15 is 0 Å². The molecule has 2 rings (SSSR count). The third-order valence-electron chi connectivity index (χ3n) is 3.45. The summed E-state index contributed by atoms with van der Waals surface area (Å²) in [5.74, 6) is 0.513. The summed E-state index contributed by atoms with van der Waals surface area (Å²) < 4.78 is 0. The topological polar surface area (TPSA) is 63.5 Å². The van der Waals surface area contributed by atoms with Gasteiger partial charge in [0.25, 0.3) is 5.69 Å². The Hall–Kier alpha value is -1.62. The number of nitrogens with zero attached hydrogens (tertiary/aromatic N) is 2. The summed E-state index contributed by atoms with van der Waals surface area (Å²) in [4.78, 5) is 23.9. The van der Waals surface area contributed by atoms with Crippen LogP contribution in [0.4, 0.5) is 5.69 Å². The predicted octanol–water partition coefficient (Wildman–Crippen LogP) is 3.01. The zero-order valence-electron chi connectivity index (χ0n) is 10.6. The molecule has 1 aliphatic rings. The van der Waals surface area contributed by atoms with Crippen LogP contribution in [0.2, 0.25) is 5.02 Å². The first-order valence-corrected chi connectivity index (χ1v) is 6.59. The van der Waals surface area contributed by atoms with E-state index in [1.165, 1.54) is 12.1 Å². The lowest BCUT2D eigenvalue weighted by molar-refractivity contribution is -0.384. The quantitative estimate of drug-likeness (QED) is 0.630. The van der Waals surface area contributed by atoms with Gasteiger partial charge in [-0.2, -0.15) is 0 Å². The van der Waals surface area contributed by atoms with Crippen LogP contribution in [0, 0.1) is 16.0 Å². The number of hydrogen-bond acceptors (Lipinski definition) is 3. The zero-order valence-corrected chi connectivity index (χ0v) is 11.4. The molecular formula is C13H15ClN2O3. The number of benzene rings is 1. The minimum Gasteiger partial charge on any atom is -0.338 e. The van der Waals surface area contributed by atoms with E-state index in [9.17, 15) is 14.9 Å². The highest BCUT2D eigenvalue weighted by atomic mass is 35.5. The number of halogens is 1. The van der Waals surface area contributed by atoms with E-state index in [0.29, 0.717) is 18.9 Å². The van der Waals surface area contributed by atoms with E-state index in [-0.39, 0.29) is 16.6 Å². The predicted molar refractivity (Wildman–Crippen MR) is 71.9 cm³/mol. The van der Waals surface area contributed by atoms with Crippen LogP contribution in [-0.2, 0) is 11.3 Å². The third-order valence-corrected chi connectivity index (χ3v) is 3.77. The lowest BCUT2D eigenvalue weighted by Crippen LogP contribution is -2.24. The van der Waals surface area contributed by atoms with Gasteiger partial charge < -0.3 is 4.90 Å². The molecule has 0 spiro atoms. The zero-order chi connectivity index (χ0) is 14.0. The SMILES string of the molecule is CCC1CC(=O)N(Cc2ccc(Cl)c([N+](=O)[O-])c2)C1. The van der Waals surface area contributed by atoms with Crippen LogP contribution in [0.3, 0.4) is 0 Å². The molecule has 1 heterocycles. The Morgan fingerprint density at radius 3 is 2.84 bits per heavy atom. The molecule has 0 saturated carbocycles. The van der Waals surface area contributed by atoms with Gasteiger partial charge in [-0.15, -0.1) is 0 Å². The molecule has 1 aromatic rings. The molecule has 1 fully saturated rings. The number of rotatable bonds is 4. The van der Waals surface area contributed by atoms with Gasteiger partial charge in [-0.3, -0.25) is 14.9 Å². The summed E-state index contributed by atoms with van der Waals surface area (Å²) in [5.41, 5.74) is 0.624. The van der Waals surface area contributed by atoms with Gasteiger partial charge in [0, 0.05) is 25.6 Å². The van der Waals surface area contributed by atoms with Gasteiger partial charge in [-0.05, 0) is 17.5 Å². The molecule has 1 atom stereocenters. The van der Waals surface area contributed by atoms with Crippen molar-refractivity contribution in [2.24, 2.45) is 5.92 Å². The third kappa shape index (κ3) is 3.04. The standard InChI is InChI=1S/C13H15ClN2O3/c1-2-9-6-13(17)15(7-9)8-10-3-4-11(14)12(5-10)16(18)19/h3-5,9H,2,6-8H2,1H3. The van der Waals surface area contributed by atoms with Crippen molar-refractivity contribution in [3.63, 3.8) is 0 Å². The van der Waals surface area contributed by atoms with Crippen molar-refractivity contribution in [1.82, 2.24) is 4.90 Å². The van der Waals surface area contributed by atoms with E-state index in [0.717, 1.165) is 18.5 Å². The molecular weight excluding hydrogens is 268 g/mol. The summed E-state index contributed by atoms with van der Waals surface area (Å²) in [6.45, 7) is 3.20. The molecule has 1 unspecified atom stereocenters. The number of carbonyl (C=O) groups excluding carboxylic acids is 1. The highest BCUT2D eigenvalue weighted by Gasteiger charge is 2.28. The summed E-state index contributed by atoms with van der Waals surface area (Å²) in [5, 5.41) is 10.9. The minimum atomic E-state index is -0.507. The van der Waals surface area contributed by atoms with Crippen molar-refractivity contribution in [3.8, 4) is 0 Å². The molecule has 1 aromatic carbocycles. The lowest BCUT2D eigenvalue weighted by Gasteiger charge is -2.16. The maximum atomic E-state index is 11.8. The average molecular weight is 283 g/mol. The molecule has 0 N–H and O–H groups in total. The number of carbonyl (C=O) groups is 1. The molecule has 102 valence electrons. The van der Waals surface area contributed by atoms with E-state index in [4.69, 9.17) is 11.6 Å². The van der Waals surface area contributed by atoms with Crippen molar-refractivity contribution in [2.45, 2.75) is 26.3 Å². The van der Waals surface area contributed by atoms with E-state index in [1.54, 1.807) is 11.0 Å². The second-order valence-electron chi connectivity index (χ2n) is 4.80. The minimum absolute atomic E-state index is 0.113. The first-order chi connectivity index (χ1) is 9.01. The van der Waals surface area contributed by atoms with Crippen molar-refractivity contribution in [2.75, 3.05) is 6.54 Å². The van der Waals surface area contributed by atoms with Gasteiger partial charge in [0.1, 0.15) is 5.02 Å². The Bertz CT molecular complexity index is 519. The van der Waals surface area contributed by atoms with Crippen molar-refractivity contribution in [3.05, 3.63) is 38.9 Å². The molecule has 1 amide bonds. The summed E-state index contributed by atoms with van der Waals surface area (Å²) in [6.07, 6.45) is 1.55. The summed E-state index contributed by atoms with van der Waals surface area (Å²) in [7, 11) is 0. The van der Waals surface area contributed by atoms with Gasteiger partial charge in [0.15, 0.2) is 0 Å². The highest BCUT2D eigenvalue weighted by Crippen LogP contribution is 2.27. The number of hydrogen-bond donors (Lipinski definition) is 0. The van der Waals surface area contributed by atoms with Crippen LogP contribution in [0.5, 0.6) is 0 Å². The van der Waals surface area contributed by atoms with Crippen LogP contribution < -0.4 is 0 Å². The lowest BCUT2D eigenvalue weighted by atomic mass is 10.1. The fourth-order valence-corrected chi connectivity index (χ4v) is 2.48. The van der Waals surface area contributed by atoms with Crippen LogP contribution in [0.25, 0.3) is 0 Å². The van der Waals surface area contributed by atoms with Gasteiger partial charge in [-0.25, -0.2) is 0 Å². The van der Waals surface area contributed by atoms with Gasteiger partial charge in [-0.1, -0.05) is 31.0 Å². The van der Waals surface area contributed by atoms with Crippen LogP contribution in [0.1, 0.15) is 25.3 Å². The largest absolute Gasteiger partial charge is 0.338 e. The maximum Gasteiger partial charge on any atom is 0.288 e. The second-order valence-corrected chi connectivity index (χ2v) is 5.20. The highest BCUT2D eigenvalue weighted by molar-refractivity contribution is 6.32. The Balaban J connectivity index is 2.14. The molecule has 0 aliphatic carbocycles. The van der Waals surface area contributed by atoms with E-state index < -0.39 is 4.92 Å². The Morgan fingerprint density at radius 1 is 1.53 bits per heavy atom. The summed E-state index contributed by atoms with van der Waals surface area (Å²) >= 11 is 5.76. The second kappa shape index (κ2) is 5.57. The van der Waals surface area contributed by atoms with Crippen molar-refractivity contribution in [1.29, 1.82) is 0 Å². The van der Waals surface area contributed by atoms with Crippen molar-refractivity contribution < 1.29 is 9.72 Å². The average Bonchev–Trinajstić information content (AvgIpc) is 2.72. The van der Waals surface area contributed by atoms with E-state index in [1.807, 2.05) is 0 Å². The summed E-state index contributed by atoms with van der Waals surface area (Å²) in [6, 6.07) is 4.67. The maximum absolute atomic E-state index is 11.8. The number of amides is 1. The van der Waals surface area contributed by atoms with Crippen molar-refractivity contribution >= 4 is 23.2 Å². The molecule has 0 bridgehead atoms. The molecule has 19 heavy (non-hydrogen) atoms. The number of nitro benzene ring substituents is 1. The smallest absolute Gasteiger partial charge is 0.288 e. The Labute approximate surface area is 116 Å². The molecule has 1 aliphatic heterocycles. The first-order valence-electron chi connectivity index (χ1n) is 6.21. The van der Waals surface area contributed by atoms with E-state index in [2.05, 4.69) is 6.92 Å².